The van der Waals surface area contributed by atoms with Crippen LogP contribution in [0.15, 0.2) is 158 Å². The van der Waals surface area contributed by atoms with Gasteiger partial charge in [-0.3, -0.25) is 4.57 Å². The van der Waals surface area contributed by atoms with Crippen LogP contribution in [0.25, 0.3) is 82.6 Å². The molecule has 6 aromatic carbocycles. The van der Waals surface area contributed by atoms with E-state index < -0.39 is 0 Å². The molecule has 10 rings (SSSR count). The summed E-state index contributed by atoms with van der Waals surface area (Å²) in [7, 11) is 0. The number of rotatable bonds is 3. The van der Waals surface area contributed by atoms with Gasteiger partial charge in [-0.05, 0) is 72.8 Å². The standard InChI is InChI=1S/C41H26N4/c1-3-12-27(13-4-1)44-37-23-21-29(43-35-19-9-7-16-30(35)31-17-8-10-20-36(31)43)26-34(37)32-22-24-38-39(40(32)44)33-18-11-25-42-41(33)45(38)28-14-5-2-6-15-28/h1-26H. The minimum absolute atomic E-state index is 0.960. The zero-order valence-corrected chi connectivity index (χ0v) is 24.3. The first-order valence-corrected chi connectivity index (χ1v) is 15.3. The molecular weight excluding hydrogens is 548 g/mol. The maximum Gasteiger partial charge on any atom is 0.145 e. The topological polar surface area (TPSA) is 27.7 Å². The Morgan fingerprint density at radius 3 is 1.64 bits per heavy atom. The van der Waals surface area contributed by atoms with Crippen molar-refractivity contribution in [2.24, 2.45) is 0 Å². The highest BCUT2D eigenvalue weighted by atomic mass is 15.1. The fourth-order valence-electron chi connectivity index (χ4n) is 7.45. The predicted octanol–water partition coefficient (Wildman–Crippen LogP) is 10.4. The first-order chi connectivity index (χ1) is 22.4. The summed E-state index contributed by atoms with van der Waals surface area (Å²) < 4.78 is 7.13. The van der Waals surface area contributed by atoms with Gasteiger partial charge < -0.3 is 9.13 Å². The molecule has 0 aliphatic rings. The molecule has 4 heteroatoms. The van der Waals surface area contributed by atoms with Gasteiger partial charge in [0.25, 0.3) is 0 Å². The first-order valence-electron chi connectivity index (χ1n) is 15.3. The lowest BCUT2D eigenvalue weighted by Gasteiger charge is -2.11. The lowest BCUT2D eigenvalue weighted by atomic mass is 10.1. The summed E-state index contributed by atoms with van der Waals surface area (Å²) in [5.41, 5.74) is 10.3. The van der Waals surface area contributed by atoms with Crippen LogP contribution in [-0.2, 0) is 0 Å². The molecule has 0 saturated heterocycles. The maximum absolute atomic E-state index is 4.91. The fourth-order valence-corrected chi connectivity index (χ4v) is 7.45. The zero-order chi connectivity index (χ0) is 29.5. The summed E-state index contributed by atoms with van der Waals surface area (Å²) in [4.78, 5) is 4.91. The van der Waals surface area contributed by atoms with Gasteiger partial charge in [0.15, 0.2) is 0 Å². The van der Waals surface area contributed by atoms with Gasteiger partial charge >= 0.3 is 0 Å². The molecule has 0 unspecified atom stereocenters. The normalized spacial score (nSPS) is 12.0. The van der Waals surface area contributed by atoms with Crippen LogP contribution in [0.4, 0.5) is 0 Å². The smallest absolute Gasteiger partial charge is 0.145 e. The van der Waals surface area contributed by atoms with Crippen molar-refractivity contribution in [2.45, 2.75) is 0 Å². The summed E-state index contributed by atoms with van der Waals surface area (Å²) in [5.74, 6) is 0. The van der Waals surface area contributed by atoms with Gasteiger partial charge in [-0.1, -0.05) is 78.9 Å². The minimum atomic E-state index is 0.960. The predicted molar refractivity (Wildman–Crippen MR) is 187 cm³/mol. The van der Waals surface area contributed by atoms with Crippen molar-refractivity contribution in [3.8, 4) is 17.1 Å². The van der Waals surface area contributed by atoms with Crippen molar-refractivity contribution in [1.82, 2.24) is 18.7 Å². The second-order valence-corrected chi connectivity index (χ2v) is 11.6. The number of benzene rings is 6. The second kappa shape index (κ2) is 9.18. The highest BCUT2D eigenvalue weighted by Crippen LogP contribution is 2.42. The molecule has 45 heavy (non-hydrogen) atoms. The first kappa shape index (κ1) is 24.3. The third kappa shape index (κ3) is 3.34. The number of aromatic nitrogens is 4. The van der Waals surface area contributed by atoms with Crippen molar-refractivity contribution < 1.29 is 0 Å². The van der Waals surface area contributed by atoms with Crippen LogP contribution in [0.3, 0.4) is 0 Å². The van der Waals surface area contributed by atoms with Crippen molar-refractivity contribution in [1.29, 1.82) is 0 Å². The van der Waals surface area contributed by atoms with Gasteiger partial charge in [-0.25, -0.2) is 4.98 Å². The van der Waals surface area contributed by atoms with E-state index in [-0.39, 0.29) is 0 Å². The molecule has 0 spiro atoms. The van der Waals surface area contributed by atoms with E-state index in [4.69, 9.17) is 4.98 Å². The molecule has 0 fully saturated rings. The van der Waals surface area contributed by atoms with E-state index in [0.717, 1.165) is 33.6 Å². The summed E-state index contributed by atoms with van der Waals surface area (Å²) >= 11 is 0. The number of para-hydroxylation sites is 4. The van der Waals surface area contributed by atoms with E-state index in [0.29, 0.717) is 0 Å². The Hall–Kier alpha value is -6.13. The van der Waals surface area contributed by atoms with Gasteiger partial charge in [-0.15, -0.1) is 0 Å². The summed E-state index contributed by atoms with van der Waals surface area (Å²) in [6.07, 6.45) is 1.89. The van der Waals surface area contributed by atoms with E-state index in [1.165, 1.54) is 49.0 Å². The lowest BCUT2D eigenvalue weighted by Crippen LogP contribution is -1.96. The maximum atomic E-state index is 4.91. The summed E-state index contributed by atoms with van der Waals surface area (Å²) in [5, 5.41) is 7.33. The van der Waals surface area contributed by atoms with E-state index in [1.807, 2.05) is 12.3 Å². The molecule has 0 saturated carbocycles. The van der Waals surface area contributed by atoms with Gasteiger partial charge in [0, 0.05) is 55.6 Å². The minimum Gasteiger partial charge on any atom is -0.309 e. The Morgan fingerprint density at radius 1 is 0.356 bits per heavy atom. The van der Waals surface area contributed by atoms with Crippen LogP contribution in [0.5, 0.6) is 0 Å². The van der Waals surface area contributed by atoms with Gasteiger partial charge in [-0.2, -0.15) is 0 Å². The molecule has 0 N–H and O–H groups in total. The molecule has 4 heterocycles. The quantitative estimate of drug-likeness (QED) is 0.206. The van der Waals surface area contributed by atoms with E-state index in [2.05, 4.69) is 159 Å². The molecule has 4 nitrogen and oxygen atoms in total. The van der Waals surface area contributed by atoms with Crippen LogP contribution in [-0.4, -0.2) is 18.7 Å². The lowest BCUT2D eigenvalue weighted by molar-refractivity contribution is 1.13. The molecule has 0 atom stereocenters. The van der Waals surface area contributed by atoms with Crippen LogP contribution in [0.1, 0.15) is 0 Å². The van der Waals surface area contributed by atoms with Crippen molar-refractivity contribution in [3.63, 3.8) is 0 Å². The number of pyridine rings is 1. The molecule has 210 valence electrons. The summed E-state index contributed by atoms with van der Waals surface area (Å²) in [6, 6.07) is 54.4. The number of hydrogen-bond donors (Lipinski definition) is 0. The zero-order valence-electron chi connectivity index (χ0n) is 24.3. The van der Waals surface area contributed by atoms with Crippen molar-refractivity contribution in [2.75, 3.05) is 0 Å². The average molecular weight is 575 g/mol. The van der Waals surface area contributed by atoms with Crippen molar-refractivity contribution >= 4 is 65.5 Å². The molecule has 0 aliphatic carbocycles. The van der Waals surface area contributed by atoms with Crippen LogP contribution in [0.2, 0.25) is 0 Å². The molecule has 4 aromatic heterocycles. The highest BCUT2D eigenvalue weighted by molar-refractivity contribution is 6.26. The SMILES string of the molecule is c1ccc(-n2c3ccc4c5cc(-n6c7ccccc7c7ccccc76)ccc5n(-c5ccccc5)c4c3c3cccnc32)cc1. The van der Waals surface area contributed by atoms with E-state index >= 15 is 0 Å². The van der Waals surface area contributed by atoms with E-state index in [9.17, 15) is 0 Å². The third-order valence-electron chi connectivity index (χ3n) is 9.27. The Morgan fingerprint density at radius 2 is 0.933 bits per heavy atom. The average Bonchev–Trinajstić information content (AvgIpc) is 3.74. The van der Waals surface area contributed by atoms with Crippen LogP contribution in [0, 0.1) is 0 Å². The molecular formula is C41H26N4. The van der Waals surface area contributed by atoms with E-state index in [1.54, 1.807) is 0 Å². The molecule has 0 aliphatic heterocycles. The molecule has 0 bridgehead atoms. The number of fused-ring (bicyclic) bond motifs is 10. The van der Waals surface area contributed by atoms with Crippen molar-refractivity contribution in [3.05, 3.63) is 158 Å². The van der Waals surface area contributed by atoms with Crippen LogP contribution >= 0.6 is 0 Å². The highest BCUT2D eigenvalue weighted by Gasteiger charge is 2.22. The molecule has 0 amide bonds. The molecule has 0 radical (unpaired) electrons. The monoisotopic (exact) mass is 574 g/mol. The Bertz CT molecular complexity index is 2690. The fraction of sp³-hybridized carbons (Fsp3) is 0. The third-order valence-corrected chi connectivity index (χ3v) is 9.27. The number of nitrogens with zero attached hydrogens (tertiary/aromatic N) is 4. The van der Waals surface area contributed by atoms with Gasteiger partial charge in [0.2, 0.25) is 0 Å². The molecule has 10 aromatic rings. The van der Waals surface area contributed by atoms with Gasteiger partial charge in [0.1, 0.15) is 5.65 Å². The largest absolute Gasteiger partial charge is 0.309 e. The summed E-state index contributed by atoms with van der Waals surface area (Å²) in [6.45, 7) is 0. The Balaban J connectivity index is 1.37. The number of hydrogen-bond acceptors (Lipinski definition) is 1. The second-order valence-electron chi connectivity index (χ2n) is 11.6. The Kier molecular flexibility index (Phi) is 4.96. The van der Waals surface area contributed by atoms with Crippen LogP contribution < -0.4 is 0 Å². The van der Waals surface area contributed by atoms with Gasteiger partial charge in [0.05, 0.1) is 27.6 Å². The Labute approximate surface area is 258 Å².